The molecule has 0 unspecified atom stereocenters. The molecular formula is C34H47NSSi. The lowest BCUT2D eigenvalue weighted by Crippen LogP contribution is -2.59. The molecule has 198 valence electrons. The summed E-state index contributed by atoms with van der Waals surface area (Å²) in [5, 5.41) is 4.35. The van der Waals surface area contributed by atoms with Crippen LogP contribution in [0.1, 0.15) is 73.4 Å². The van der Waals surface area contributed by atoms with Gasteiger partial charge >= 0.3 is 0 Å². The topological polar surface area (TPSA) is 12.9 Å². The SMILES string of the molecule is Cc1c([Si](C)(C)C(C(C)C)(C(C)C)C(C)C)sc2c(-c3cc(C(C)(C)C)c4ccccc4c3)nccc12. The molecule has 2 aromatic heterocycles. The van der Waals surface area contributed by atoms with Gasteiger partial charge in [-0.1, -0.05) is 99.7 Å². The minimum atomic E-state index is -1.89. The fourth-order valence-corrected chi connectivity index (χ4v) is 17.1. The number of hydrogen-bond acceptors (Lipinski definition) is 2. The van der Waals surface area contributed by atoms with Crippen LogP contribution in [0.25, 0.3) is 32.1 Å². The predicted octanol–water partition coefficient (Wildman–Crippen LogP) is 10.3. The number of aromatic nitrogens is 1. The third-order valence-electron chi connectivity index (χ3n) is 9.31. The number of aryl methyl sites for hydroxylation is 1. The second-order valence-electron chi connectivity index (χ2n) is 13.6. The maximum atomic E-state index is 5.04. The van der Waals surface area contributed by atoms with Gasteiger partial charge in [-0.3, -0.25) is 4.98 Å². The van der Waals surface area contributed by atoms with E-state index in [1.54, 1.807) is 4.50 Å². The maximum absolute atomic E-state index is 5.04. The van der Waals surface area contributed by atoms with Crippen LogP contribution in [0.3, 0.4) is 0 Å². The highest BCUT2D eigenvalue weighted by molar-refractivity contribution is 7.32. The number of thiophene rings is 1. The number of benzene rings is 2. The van der Waals surface area contributed by atoms with Crippen LogP contribution in [-0.4, -0.2) is 13.1 Å². The van der Waals surface area contributed by atoms with E-state index in [2.05, 4.69) is 125 Å². The average Bonchev–Trinajstić information content (AvgIpc) is 3.14. The van der Waals surface area contributed by atoms with E-state index in [9.17, 15) is 0 Å². The van der Waals surface area contributed by atoms with Gasteiger partial charge in [0.25, 0.3) is 0 Å². The van der Waals surface area contributed by atoms with E-state index in [0.29, 0.717) is 22.8 Å². The molecule has 0 aliphatic carbocycles. The molecule has 0 aliphatic rings. The van der Waals surface area contributed by atoms with Gasteiger partial charge in [0.2, 0.25) is 0 Å². The second kappa shape index (κ2) is 9.65. The summed E-state index contributed by atoms with van der Waals surface area (Å²) >= 11 is 2.05. The van der Waals surface area contributed by atoms with Crippen molar-refractivity contribution in [1.82, 2.24) is 4.98 Å². The second-order valence-corrected chi connectivity index (χ2v) is 19.6. The maximum Gasteiger partial charge on any atom is 0.101 e. The summed E-state index contributed by atoms with van der Waals surface area (Å²) < 4.78 is 3.01. The lowest BCUT2D eigenvalue weighted by Gasteiger charge is -2.55. The number of pyridine rings is 1. The van der Waals surface area contributed by atoms with Crippen LogP contribution in [0.4, 0.5) is 0 Å². The lowest BCUT2D eigenvalue weighted by atomic mass is 9.76. The van der Waals surface area contributed by atoms with Crippen LogP contribution >= 0.6 is 11.3 Å². The van der Waals surface area contributed by atoms with Gasteiger partial charge in [-0.15, -0.1) is 11.3 Å². The summed E-state index contributed by atoms with van der Waals surface area (Å²) in [6.07, 6.45) is 2.03. The summed E-state index contributed by atoms with van der Waals surface area (Å²) in [4.78, 5) is 5.04. The Morgan fingerprint density at radius 3 is 1.97 bits per heavy atom. The Balaban J connectivity index is 2.02. The van der Waals surface area contributed by atoms with Crippen molar-refractivity contribution in [3.8, 4) is 11.3 Å². The van der Waals surface area contributed by atoms with Gasteiger partial charge in [0.1, 0.15) is 8.07 Å². The van der Waals surface area contributed by atoms with E-state index in [1.807, 2.05) is 17.5 Å². The molecule has 0 bridgehead atoms. The largest absolute Gasteiger partial charge is 0.255 e. The molecule has 4 rings (SSSR count). The summed E-state index contributed by atoms with van der Waals surface area (Å²) in [5.74, 6) is 1.89. The smallest absolute Gasteiger partial charge is 0.101 e. The Labute approximate surface area is 230 Å². The summed E-state index contributed by atoms with van der Waals surface area (Å²) in [6.45, 7) is 29.4. The standard InChI is InChI=1S/C34H47NSSi/c1-21(2)34(22(3)4,23(5)6)37(11,12)32-24(7)27-17-18-35-30(31(27)36-32)26-19-25-15-13-14-16-28(25)29(20-26)33(8,9)10/h13-23H,1-12H3. The first-order valence-corrected chi connectivity index (χ1v) is 17.9. The van der Waals surface area contributed by atoms with Crippen molar-refractivity contribution < 1.29 is 0 Å². The number of rotatable bonds is 6. The predicted molar refractivity (Wildman–Crippen MR) is 170 cm³/mol. The summed E-state index contributed by atoms with van der Waals surface area (Å²) in [6, 6.07) is 15.8. The van der Waals surface area contributed by atoms with E-state index in [4.69, 9.17) is 4.98 Å². The Hall–Kier alpha value is -1.97. The molecule has 0 saturated heterocycles. The molecule has 0 aliphatic heterocycles. The van der Waals surface area contributed by atoms with Gasteiger partial charge in [0.05, 0.1) is 10.4 Å². The highest BCUT2D eigenvalue weighted by Gasteiger charge is 2.54. The summed E-state index contributed by atoms with van der Waals surface area (Å²) in [7, 11) is -1.89. The van der Waals surface area contributed by atoms with Crippen LogP contribution in [-0.2, 0) is 5.41 Å². The molecule has 0 fully saturated rings. The molecule has 0 radical (unpaired) electrons. The molecule has 37 heavy (non-hydrogen) atoms. The quantitative estimate of drug-likeness (QED) is 0.226. The normalized spacial score (nSPS) is 13.6. The van der Waals surface area contributed by atoms with Crippen molar-refractivity contribution in [2.75, 3.05) is 0 Å². The minimum Gasteiger partial charge on any atom is -0.255 e. The molecule has 0 spiro atoms. The zero-order valence-electron chi connectivity index (χ0n) is 25.2. The fourth-order valence-electron chi connectivity index (χ4n) is 8.38. The van der Waals surface area contributed by atoms with Crippen molar-refractivity contribution >= 4 is 44.8 Å². The zero-order chi connectivity index (χ0) is 27.5. The summed E-state index contributed by atoms with van der Waals surface area (Å²) in [5.41, 5.74) is 5.32. The number of hydrogen-bond donors (Lipinski definition) is 0. The highest BCUT2D eigenvalue weighted by Crippen LogP contribution is 2.57. The number of nitrogens with zero attached hydrogens (tertiary/aromatic N) is 1. The van der Waals surface area contributed by atoms with Crippen molar-refractivity contribution in [1.29, 1.82) is 0 Å². The molecule has 0 saturated carbocycles. The van der Waals surface area contributed by atoms with Crippen LogP contribution in [0, 0.1) is 24.7 Å². The van der Waals surface area contributed by atoms with E-state index >= 15 is 0 Å². The molecule has 0 atom stereocenters. The molecule has 3 heteroatoms. The Bertz CT molecular complexity index is 1410. The molecule has 0 N–H and O–H groups in total. The molecule has 2 aromatic carbocycles. The fraction of sp³-hybridized carbons (Fsp3) is 0.500. The zero-order valence-corrected chi connectivity index (χ0v) is 27.0. The Morgan fingerprint density at radius 2 is 1.41 bits per heavy atom. The van der Waals surface area contributed by atoms with Crippen LogP contribution in [0.2, 0.25) is 18.1 Å². The van der Waals surface area contributed by atoms with Crippen molar-refractivity contribution in [3.05, 3.63) is 59.8 Å². The first kappa shape index (κ1) is 28.0. The van der Waals surface area contributed by atoms with Crippen LogP contribution < -0.4 is 4.50 Å². The van der Waals surface area contributed by atoms with Gasteiger partial charge in [-0.2, -0.15) is 0 Å². The third kappa shape index (κ3) is 4.31. The van der Waals surface area contributed by atoms with Crippen molar-refractivity contribution in [2.24, 2.45) is 17.8 Å². The molecule has 0 amide bonds. The Kier molecular flexibility index (Phi) is 7.31. The van der Waals surface area contributed by atoms with Gasteiger partial charge in [0, 0.05) is 11.8 Å². The first-order valence-electron chi connectivity index (χ1n) is 14.1. The van der Waals surface area contributed by atoms with Crippen LogP contribution in [0.5, 0.6) is 0 Å². The number of fused-ring (bicyclic) bond motifs is 2. The van der Waals surface area contributed by atoms with Gasteiger partial charge in [-0.25, -0.2) is 0 Å². The van der Waals surface area contributed by atoms with E-state index < -0.39 is 8.07 Å². The Morgan fingerprint density at radius 1 is 0.811 bits per heavy atom. The highest BCUT2D eigenvalue weighted by atomic mass is 32.1. The molecule has 1 nitrogen and oxygen atoms in total. The third-order valence-corrected chi connectivity index (χ3v) is 17.7. The van der Waals surface area contributed by atoms with Gasteiger partial charge in [-0.05, 0) is 85.1 Å². The molecule has 4 aromatic rings. The molecule has 2 heterocycles. The van der Waals surface area contributed by atoms with E-state index in [1.165, 1.54) is 37.5 Å². The first-order chi connectivity index (χ1) is 17.2. The van der Waals surface area contributed by atoms with Crippen LogP contribution in [0.15, 0.2) is 48.7 Å². The van der Waals surface area contributed by atoms with Crippen molar-refractivity contribution in [3.63, 3.8) is 0 Å². The van der Waals surface area contributed by atoms with Crippen molar-refractivity contribution in [2.45, 2.75) is 92.8 Å². The lowest BCUT2D eigenvalue weighted by molar-refractivity contribution is 0.223. The van der Waals surface area contributed by atoms with E-state index in [-0.39, 0.29) is 5.41 Å². The van der Waals surface area contributed by atoms with Gasteiger partial charge < -0.3 is 0 Å². The van der Waals surface area contributed by atoms with E-state index in [0.717, 1.165) is 5.69 Å². The monoisotopic (exact) mass is 529 g/mol. The molecular weight excluding hydrogens is 483 g/mol. The minimum absolute atomic E-state index is 0.0559. The average molecular weight is 530 g/mol. The van der Waals surface area contributed by atoms with Gasteiger partial charge in [0.15, 0.2) is 0 Å².